The summed E-state index contributed by atoms with van der Waals surface area (Å²) < 4.78 is 26.4. The minimum atomic E-state index is -3.53. The molecule has 20 heavy (non-hydrogen) atoms. The Hall–Kier alpha value is -1.66. The highest BCUT2D eigenvalue weighted by molar-refractivity contribution is 7.89. The summed E-state index contributed by atoms with van der Waals surface area (Å²) in [5.74, 6) is -0.333. The summed E-state index contributed by atoms with van der Waals surface area (Å²) in [6.45, 7) is 7.92. The van der Waals surface area contributed by atoms with E-state index in [2.05, 4.69) is 11.9 Å². The van der Waals surface area contributed by atoms with E-state index in [9.17, 15) is 13.2 Å². The summed E-state index contributed by atoms with van der Waals surface area (Å²) in [4.78, 5) is 11.4. The van der Waals surface area contributed by atoms with Crippen LogP contribution in [0, 0.1) is 0 Å². The van der Waals surface area contributed by atoms with E-state index in [4.69, 9.17) is 0 Å². The molecule has 0 bridgehead atoms. The maximum absolute atomic E-state index is 12.5. The van der Waals surface area contributed by atoms with Crippen LogP contribution in [-0.4, -0.2) is 31.7 Å². The number of carbonyl (C=O) groups excluding carboxylic acids is 1. The Morgan fingerprint density at radius 1 is 1.30 bits per heavy atom. The highest BCUT2D eigenvalue weighted by Gasteiger charge is 2.24. The van der Waals surface area contributed by atoms with Crippen molar-refractivity contribution in [3.63, 3.8) is 0 Å². The van der Waals surface area contributed by atoms with E-state index in [0.29, 0.717) is 18.7 Å². The van der Waals surface area contributed by atoms with Crippen LogP contribution < -0.4 is 5.32 Å². The highest BCUT2D eigenvalue weighted by atomic mass is 32.2. The van der Waals surface area contributed by atoms with Crippen molar-refractivity contribution in [2.45, 2.75) is 25.3 Å². The van der Waals surface area contributed by atoms with Crippen LogP contribution in [0.1, 0.15) is 19.4 Å². The summed E-state index contributed by atoms with van der Waals surface area (Å²) in [6, 6.07) is 6.68. The van der Waals surface area contributed by atoms with Gasteiger partial charge in [-0.05, 0) is 17.7 Å². The van der Waals surface area contributed by atoms with Crippen molar-refractivity contribution in [2.75, 3.05) is 13.1 Å². The van der Waals surface area contributed by atoms with E-state index in [0.717, 1.165) is 6.08 Å². The molecule has 1 rings (SSSR count). The molecule has 1 aromatic rings. The largest absolute Gasteiger partial charge is 0.348 e. The predicted octanol–water partition coefficient (Wildman–Crippen LogP) is 1.52. The Kier molecular flexibility index (Phi) is 5.91. The Morgan fingerprint density at radius 3 is 2.45 bits per heavy atom. The zero-order valence-corrected chi connectivity index (χ0v) is 12.6. The van der Waals surface area contributed by atoms with Gasteiger partial charge in [0.25, 0.3) is 0 Å². The molecule has 5 nitrogen and oxygen atoms in total. The maximum Gasteiger partial charge on any atom is 0.243 e. The van der Waals surface area contributed by atoms with Crippen molar-refractivity contribution in [1.29, 1.82) is 0 Å². The summed E-state index contributed by atoms with van der Waals surface area (Å²) in [5.41, 5.74) is 0.564. The van der Waals surface area contributed by atoms with E-state index >= 15 is 0 Å². The van der Waals surface area contributed by atoms with E-state index in [1.807, 2.05) is 0 Å². The topological polar surface area (TPSA) is 66.5 Å². The number of nitrogens with zero attached hydrogens (tertiary/aromatic N) is 1. The molecule has 0 radical (unpaired) electrons. The Bertz CT molecular complexity index is 578. The van der Waals surface area contributed by atoms with Crippen molar-refractivity contribution < 1.29 is 13.2 Å². The quantitative estimate of drug-likeness (QED) is 0.776. The van der Waals surface area contributed by atoms with Crippen LogP contribution in [0.25, 0.3) is 0 Å². The number of hydrogen-bond donors (Lipinski definition) is 1. The molecule has 0 aromatic heterocycles. The number of hydrogen-bond acceptors (Lipinski definition) is 3. The molecule has 0 heterocycles. The van der Waals surface area contributed by atoms with Gasteiger partial charge in [-0.3, -0.25) is 4.79 Å². The predicted molar refractivity (Wildman–Crippen MR) is 78.6 cm³/mol. The molecule has 0 atom stereocenters. The standard InChI is InChI=1S/C14H20N2O3S/c1-4-14(17)15-11-12-9-7-8-10-13(12)20(18,19)16(5-2)6-3/h4,7-10H,1,5-6,11H2,2-3H3,(H,15,17). The number of sulfonamides is 1. The van der Waals surface area contributed by atoms with Crippen LogP contribution in [0.15, 0.2) is 41.8 Å². The van der Waals surface area contributed by atoms with E-state index in [1.165, 1.54) is 4.31 Å². The molecule has 0 aliphatic carbocycles. The van der Waals surface area contributed by atoms with Crippen molar-refractivity contribution in [1.82, 2.24) is 9.62 Å². The summed E-state index contributed by atoms with van der Waals surface area (Å²) in [6.07, 6.45) is 1.15. The molecular formula is C14H20N2O3S. The summed E-state index contributed by atoms with van der Waals surface area (Å²) >= 11 is 0. The third-order valence-corrected chi connectivity index (χ3v) is 5.08. The minimum Gasteiger partial charge on any atom is -0.348 e. The molecule has 1 aromatic carbocycles. The van der Waals surface area contributed by atoms with Crippen molar-refractivity contribution in [2.24, 2.45) is 0 Å². The number of amides is 1. The SMILES string of the molecule is C=CC(=O)NCc1ccccc1S(=O)(=O)N(CC)CC. The lowest BCUT2D eigenvalue weighted by Gasteiger charge is -2.20. The Balaban J connectivity index is 3.12. The van der Waals surface area contributed by atoms with Crippen LogP contribution in [-0.2, 0) is 21.4 Å². The molecule has 1 N–H and O–H groups in total. The van der Waals surface area contributed by atoms with Gasteiger partial charge < -0.3 is 5.32 Å². The lowest BCUT2D eigenvalue weighted by Crippen LogP contribution is -2.32. The summed E-state index contributed by atoms with van der Waals surface area (Å²) in [5, 5.41) is 2.60. The van der Waals surface area contributed by atoms with Crippen molar-refractivity contribution in [3.8, 4) is 0 Å². The second-order valence-corrected chi connectivity index (χ2v) is 6.03. The average Bonchev–Trinajstić information content (AvgIpc) is 2.46. The minimum absolute atomic E-state index is 0.154. The first-order chi connectivity index (χ1) is 9.47. The van der Waals surface area contributed by atoms with Gasteiger partial charge >= 0.3 is 0 Å². The first-order valence-corrected chi connectivity index (χ1v) is 7.89. The van der Waals surface area contributed by atoms with Gasteiger partial charge in [-0.25, -0.2) is 8.42 Å². The molecular weight excluding hydrogens is 276 g/mol. The van der Waals surface area contributed by atoms with Gasteiger partial charge in [0.1, 0.15) is 0 Å². The van der Waals surface area contributed by atoms with Crippen LogP contribution in [0.5, 0.6) is 0 Å². The van der Waals surface area contributed by atoms with Crippen molar-refractivity contribution >= 4 is 15.9 Å². The molecule has 0 saturated carbocycles. The summed E-state index contributed by atoms with van der Waals surface area (Å²) in [7, 11) is -3.53. The molecule has 6 heteroatoms. The molecule has 110 valence electrons. The number of carbonyl (C=O) groups is 1. The van der Waals surface area contributed by atoms with Crippen LogP contribution in [0.4, 0.5) is 0 Å². The van der Waals surface area contributed by atoms with Gasteiger partial charge in [0, 0.05) is 19.6 Å². The van der Waals surface area contributed by atoms with Gasteiger partial charge in [0.15, 0.2) is 0 Å². The highest BCUT2D eigenvalue weighted by Crippen LogP contribution is 2.19. The molecule has 0 aliphatic rings. The van der Waals surface area contributed by atoms with Gasteiger partial charge in [0.05, 0.1) is 4.90 Å². The third-order valence-electron chi connectivity index (χ3n) is 2.93. The van der Waals surface area contributed by atoms with Gasteiger partial charge in [-0.15, -0.1) is 0 Å². The lowest BCUT2D eigenvalue weighted by molar-refractivity contribution is -0.116. The normalized spacial score (nSPS) is 11.3. The Morgan fingerprint density at radius 2 is 1.90 bits per heavy atom. The molecule has 0 saturated heterocycles. The van der Waals surface area contributed by atoms with Gasteiger partial charge in [-0.2, -0.15) is 4.31 Å². The maximum atomic E-state index is 12.5. The van der Waals surface area contributed by atoms with Crippen molar-refractivity contribution in [3.05, 3.63) is 42.5 Å². The fourth-order valence-electron chi connectivity index (χ4n) is 1.86. The molecule has 0 fully saturated rings. The van der Waals surface area contributed by atoms with E-state index < -0.39 is 10.0 Å². The van der Waals surface area contributed by atoms with E-state index in [-0.39, 0.29) is 17.3 Å². The Labute approximate surface area is 120 Å². The number of benzene rings is 1. The lowest BCUT2D eigenvalue weighted by atomic mass is 10.2. The smallest absolute Gasteiger partial charge is 0.243 e. The molecule has 1 amide bonds. The fraction of sp³-hybridized carbons (Fsp3) is 0.357. The van der Waals surface area contributed by atoms with Gasteiger partial charge in [0.2, 0.25) is 15.9 Å². The second kappa shape index (κ2) is 7.21. The molecule has 0 spiro atoms. The van der Waals surface area contributed by atoms with Crippen LogP contribution >= 0.6 is 0 Å². The van der Waals surface area contributed by atoms with Gasteiger partial charge in [-0.1, -0.05) is 38.6 Å². The third kappa shape index (κ3) is 3.68. The average molecular weight is 296 g/mol. The molecule has 0 unspecified atom stereocenters. The zero-order chi connectivity index (χ0) is 15.2. The monoisotopic (exact) mass is 296 g/mol. The first-order valence-electron chi connectivity index (χ1n) is 6.45. The number of nitrogens with one attached hydrogen (secondary N) is 1. The second-order valence-electron chi connectivity index (χ2n) is 4.12. The van der Waals surface area contributed by atoms with E-state index in [1.54, 1.807) is 38.1 Å². The first kappa shape index (κ1) is 16.4. The van der Waals surface area contributed by atoms with Crippen LogP contribution in [0.2, 0.25) is 0 Å². The van der Waals surface area contributed by atoms with Crippen LogP contribution in [0.3, 0.4) is 0 Å². The molecule has 0 aliphatic heterocycles. The number of rotatable bonds is 7. The zero-order valence-electron chi connectivity index (χ0n) is 11.8. The fourth-order valence-corrected chi connectivity index (χ4v) is 3.54.